The monoisotopic (exact) mass is 339 g/mol. The summed E-state index contributed by atoms with van der Waals surface area (Å²) in [5, 5.41) is 2.93. The zero-order valence-electron chi connectivity index (χ0n) is 12.1. The van der Waals surface area contributed by atoms with E-state index < -0.39 is 10.0 Å². The maximum absolute atomic E-state index is 13.0. The van der Waals surface area contributed by atoms with Crippen LogP contribution < -0.4 is 0 Å². The number of nitrogens with zero attached hydrogens (tertiary/aromatic N) is 1. The maximum Gasteiger partial charge on any atom is 0.268 e. The summed E-state index contributed by atoms with van der Waals surface area (Å²) in [7, 11) is -3.61. The van der Waals surface area contributed by atoms with Crippen LogP contribution in [0.2, 0.25) is 0 Å². The van der Waals surface area contributed by atoms with Crippen LogP contribution in [0.15, 0.2) is 83.2 Å². The number of fused-ring (bicyclic) bond motifs is 1. The number of para-hydroxylation sites is 1. The van der Waals surface area contributed by atoms with Crippen LogP contribution in [0.5, 0.6) is 0 Å². The highest BCUT2D eigenvalue weighted by molar-refractivity contribution is 7.90. The van der Waals surface area contributed by atoms with Gasteiger partial charge in [0.1, 0.15) is 0 Å². The van der Waals surface area contributed by atoms with E-state index in [0.29, 0.717) is 10.4 Å². The summed E-state index contributed by atoms with van der Waals surface area (Å²) in [6.45, 7) is 0. The topological polar surface area (TPSA) is 39.1 Å². The lowest BCUT2D eigenvalue weighted by molar-refractivity contribution is 0.589. The van der Waals surface area contributed by atoms with E-state index in [4.69, 9.17) is 0 Å². The summed E-state index contributed by atoms with van der Waals surface area (Å²) in [4.78, 5) is 1.35. The molecular formula is C18H13NO2S2. The van der Waals surface area contributed by atoms with Gasteiger partial charge in [0.2, 0.25) is 0 Å². The highest BCUT2D eigenvalue weighted by atomic mass is 32.2. The zero-order valence-corrected chi connectivity index (χ0v) is 13.7. The Labute approximate surface area is 138 Å². The lowest BCUT2D eigenvalue weighted by Crippen LogP contribution is -2.11. The van der Waals surface area contributed by atoms with Crippen molar-refractivity contribution in [1.82, 2.24) is 3.97 Å². The Morgan fingerprint density at radius 2 is 1.57 bits per heavy atom. The lowest BCUT2D eigenvalue weighted by Gasteiger charge is -2.07. The predicted octanol–water partition coefficient (Wildman–Crippen LogP) is 4.61. The summed E-state index contributed by atoms with van der Waals surface area (Å²) in [5.74, 6) is 0. The molecule has 23 heavy (non-hydrogen) atoms. The second-order valence-electron chi connectivity index (χ2n) is 5.15. The third-order valence-electron chi connectivity index (χ3n) is 3.76. The SMILES string of the molecule is O=S(=O)(c1ccccc1)n1cc(-c2cccs2)c2ccccc21. The fraction of sp³-hybridized carbons (Fsp3) is 0. The minimum atomic E-state index is -3.61. The smallest absolute Gasteiger partial charge is 0.240 e. The van der Waals surface area contributed by atoms with Crippen molar-refractivity contribution >= 4 is 32.3 Å². The summed E-state index contributed by atoms with van der Waals surface area (Å²) in [5.41, 5.74) is 1.63. The summed E-state index contributed by atoms with van der Waals surface area (Å²) in [6, 6.07) is 20.1. The van der Waals surface area contributed by atoms with Gasteiger partial charge in [0.15, 0.2) is 0 Å². The Morgan fingerprint density at radius 1 is 0.826 bits per heavy atom. The minimum absolute atomic E-state index is 0.290. The number of hydrogen-bond acceptors (Lipinski definition) is 3. The Hall–Kier alpha value is -2.37. The van der Waals surface area contributed by atoms with Gasteiger partial charge in [-0.3, -0.25) is 0 Å². The van der Waals surface area contributed by atoms with Crippen molar-refractivity contribution in [3.05, 3.63) is 78.3 Å². The number of rotatable bonds is 3. The van der Waals surface area contributed by atoms with Crippen LogP contribution in [0, 0.1) is 0 Å². The molecule has 0 unspecified atom stereocenters. The molecule has 0 spiro atoms. The van der Waals surface area contributed by atoms with Crippen LogP contribution >= 0.6 is 11.3 Å². The molecule has 0 radical (unpaired) electrons. The summed E-state index contributed by atoms with van der Waals surface area (Å²) >= 11 is 1.60. The fourth-order valence-electron chi connectivity index (χ4n) is 2.68. The van der Waals surface area contributed by atoms with Crippen molar-refractivity contribution in [2.24, 2.45) is 0 Å². The molecule has 0 N–H and O–H groups in total. The molecule has 114 valence electrons. The molecule has 0 aliphatic rings. The predicted molar refractivity (Wildman–Crippen MR) is 94.3 cm³/mol. The van der Waals surface area contributed by atoms with Gasteiger partial charge in [-0.1, -0.05) is 42.5 Å². The van der Waals surface area contributed by atoms with Crippen molar-refractivity contribution in [1.29, 1.82) is 0 Å². The van der Waals surface area contributed by atoms with Crippen molar-refractivity contribution in [3.8, 4) is 10.4 Å². The average molecular weight is 339 g/mol. The van der Waals surface area contributed by atoms with Crippen LogP contribution in [0.3, 0.4) is 0 Å². The van der Waals surface area contributed by atoms with Crippen molar-refractivity contribution in [2.75, 3.05) is 0 Å². The van der Waals surface area contributed by atoms with E-state index in [1.165, 1.54) is 3.97 Å². The maximum atomic E-state index is 13.0. The number of aromatic nitrogens is 1. The van der Waals surface area contributed by atoms with E-state index in [2.05, 4.69) is 0 Å². The molecule has 0 fully saturated rings. The van der Waals surface area contributed by atoms with Crippen molar-refractivity contribution in [3.63, 3.8) is 0 Å². The average Bonchev–Trinajstić information content (AvgIpc) is 3.23. The highest BCUT2D eigenvalue weighted by Gasteiger charge is 2.21. The molecule has 4 aromatic rings. The molecule has 0 aliphatic heterocycles. The van der Waals surface area contributed by atoms with Gasteiger partial charge in [-0.05, 0) is 29.6 Å². The van der Waals surface area contributed by atoms with E-state index in [9.17, 15) is 8.42 Å². The van der Waals surface area contributed by atoms with Gasteiger partial charge in [-0.2, -0.15) is 0 Å². The van der Waals surface area contributed by atoms with Gasteiger partial charge in [0, 0.05) is 22.0 Å². The lowest BCUT2D eigenvalue weighted by atomic mass is 10.1. The number of benzene rings is 2. The van der Waals surface area contributed by atoms with E-state index >= 15 is 0 Å². The Balaban J connectivity index is 2.02. The molecule has 0 amide bonds. The molecule has 0 aliphatic carbocycles. The first-order chi connectivity index (χ1) is 11.2. The van der Waals surface area contributed by atoms with Gasteiger partial charge < -0.3 is 0 Å². The Morgan fingerprint density at radius 3 is 2.30 bits per heavy atom. The zero-order chi connectivity index (χ0) is 15.9. The molecule has 0 saturated carbocycles. The van der Waals surface area contributed by atoms with Crippen LogP contribution in [0.25, 0.3) is 21.3 Å². The summed E-state index contributed by atoms with van der Waals surface area (Å²) in [6.07, 6.45) is 1.72. The van der Waals surface area contributed by atoms with Crippen LogP contribution in [0.4, 0.5) is 0 Å². The quantitative estimate of drug-likeness (QED) is 0.547. The van der Waals surface area contributed by atoms with Gasteiger partial charge in [0.25, 0.3) is 10.0 Å². The van der Waals surface area contributed by atoms with Gasteiger partial charge >= 0.3 is 0 Å². The Kier molecular flexibility index (Phi) is 3.32. The van der Waals surface area contributed by atoms with Crippen LogP contribution in [0.1, 0.15) is 0 Å². The molecule has 3 nitrogen and oxygen atoms in total. The molecular weight excluding hydrogens is 326 g/mol. The van der Waals surface area contributed by atoms with E-state index in [-0.39, 0.29) is 0 Å². The second kappa shape index (κ2) is 5.37. The number of thiophene rings is 1. The molecule has 5 heteroatoms. The first-order valence-electron chi connectivity index (χ1n) is 7.12. The second-order valence-corrected chi connectivity index (χ2v) is 7.91. The standard InChI is InChI=1S/C18H13NO2S2/c20-23(21,14-7-2-1-3-8-14)19-13-16(18-11-6-12-22-18)15-9-4-5-10-17(15)19/h1-13H. The molecule has 4 rings (SSSR count). The highest BCUT2D eigenvalue weighted by Crippen LogP contribution is 2.35. The van der Waals surface area contributed by atoms with Gasteiger partial charge in [-0.15, -0.1) is 11.3 Å². The molecule has 0 atom stereocenters. The van der Waals surface area contributed by atoms with Gasteiger partial charge in [-0.25, -0.2) is 12.4 Å². The van der Waals surface area contributed by atoms with Crippen molar-refractivity contribution in [2.45, 2.75) is 4.90 Å². The van der Waals surface area contributed by atoms with Crippen LogP contribution in [-0.2, 0) is 10.0 Å². The van der Waals surface area contributed by atoms with Gasteiger partial charge in [0.05, 0.1) is 10.4 Å². The van der Waals surface area contributed by atoms with E-state index in [1.807, 2.05) is 47.8 Å². The normalized spacial score (nSPS) is 11.8. The fourth-order valence-corrected chi connectivity index (χ4v) is 4.82. The molecule has 2 heterocycles. The van der Waals surface area contributed by atoms with Crippen LogP contribution in [-0.4, -0.2) is 12.4 Å². The number of hydrogen-bond donors (Lipinski definition) is 0. The molecule has 0 bridgehead atoms. The van der Waals surface area contributed by atoms with E-state index in [1.54, 1.807) is 41.8 Å². The molecule has 2 aromatic carbocycles. The third kappa shape index (κ3) is 2.29. The molecule has 2 aromatic heterocycles. The first-order valence-corrected chi connectivity index (χ1v) is 9.44. The van der Waals surface area contributed by atoms with Crippen molar-refractivity contribution < 1.29 is 8.42 Å². The third-order valence-corrected chi connectivity index (χ3v) is 6.36. The first kappa shape index (κ1) is 14.2. The largest absolute Gasteiger partial charge is 0.268 e. The van der Waals surface area contributed by atoms with E-state index in [0.717, 1.165) is 15.8 Å². The Bertz CT molecular complexity index is 1060. The molecule has 0 saturated heterocycles. The minimum Gasteiger partial charge on any atom is -0.240 e. The summed E-state index contributed by atoms with van der Waals surface area (Å²) < 4.78 is 27.4.